The van der Waals surface area contributed by atoms with Gasteiger partial charge in [0.2, 0.25) is 0 Å². The lowest BCUT2D eigenvalue weighted by molar-refractivity contribution is -0.141. The van der Waals surface area contributed by atoms with Crippen LogP contribution in [-0.4, -0.2) is 19.6 Å². The Balaban J connectivity index is 2.31. The number of hydrogen-bond donors (Lipinski definition) is 1. The third-order valence-electron chi connectivity index (χ3n) is 2.78. The predicted molar refractivity (Wildman–Crippen MR) is 64.0 cm³/mol. The molecule has 0 unspecified atom stereocenters. The molecule has 20 heavy (non-hydrogen) atoms. The van der Waals surface area contributed by atoms with Gasteiger partial charge in [0.05, 0.1) is 0 Å². The normalized spacial score (nSPS) is 11.9. The Labute approximate surface area is 109 Å². The largest absolute Gasteiger partial charge is 0.433 e. The van der Waals surface area contributed by atoms with Crippen molar-refractivity contribution >= 4 is 5.65 Å². The quantitative estimate of drug-likeness (QED) is 0.742. The zero-order valence-electron chi connectivity index (χ0n) is 9.85. The lowest BCUT2D eigenvalue weighted by Crippen LogP contribution is -2.19. The fourth-order valence-corrected chi connectivity index (χ4v) is 1.87. The van der Waals surface area contributed by atoms with Crippen molar-refractivity contribution < 1.29 is 13.2 Å². The van der Waals surface area contributed by atoms with Crippen molar-refractivity contribution in [1.82, 2.24) is 19.6 Å². The van der Waals surface area contributed by atoms with Gasteiger partial charge < -0.3 is 0 Å². The number of rotatable bonds is 1. The van der Waals surface area contributed by atoms with Crippen LogP contribution in [0.2, 0.25) is 0 Å². The van der Waals surface area contributed by atoms with Crippen LogP contribution in [0.3, 0.4) is 0 Å². The SMILES string of the molecule is O=c1cc(C(F)(F)F)nc2c(-c3ccncc3)c[nH]n12. The van der Waals surface area contributed by atoms with E-state index in [1.165, 1.54) is 18.6 Å². The molecule has 3 heterocycles. The average molecular weight is 280 g/mol. The Morgan fingerprint density at radius 2 is 1.90 bits per heavy atom. The van der Waals surface area contributed by atoms with Gasteiger partial charge >= 0.3 is 6.18 Å². The van der Waals surface area contributed by atoms with Crippen LogP contribution in [-0.2, 0) is 6.18 Å². The van der Waals surface area contributed by atoms with Crippen LogP contribution in [0, 0.1) is 0 Å². The van der Waals surface area contributed by atoms with Crippen molar-refractivity contribution in [3.8, 4) is 11.1 Å². The number of nitrogens with one attached hydrogen (secondary N) is 1. The molecule has 0 aliphatic heterocycles. The van der Waals surface area contributed by atoms with Gasteiger partial charge in [-0.25, -0.2) is 9.50 Å². The molecule has 5 nitrogen and oxygen atoms in total. The summed E-state index contributed by atoms with van der Waals surface area (Å²) in [5, 5.41) is 2.59. The summed E-state index contributed by atoms with van der Waals surface area (Å²) < 4.78 is 39.1. The van der Waals surface area contributed by atoms with E-state index in [9.17, 15) is 18.0 Å². The topological polar surface area (TPSA) is 63.0 Å². The second kappa shape index (κ2) is 4.19. The first kappa shape index (κ1) is 12.4. The van der Waals surface area contributed by atoms with Gasteiger partial charge in [0.15, 0.2) is 11.3 Å². The maximum atomic E-state index is 12.7. The molecule has 0 bridgehead atoms. The highest BCUT2D eigenvalue weighted by molar-refractivity contribution is 5.76. The van der Waals surface area contributed by atoms with Crippen LogP contribution in [0.4, 0.5) is 13.2 Å². The first-order chi connectivity index (χ1) is 9.47. The van der Waals surface area contributed by atoms with E-state index in [2.05, 4.69) is 15.1 Å². The van der Waals surface area contributed by atoms with Crippen LogP contribution in [0.15, 0.2) is 41.6 Å². The summed E-state index contributed by atoms with van der Waals surface area (Å²) in [6, 6.07) is 3.70. The van der Waals surface area contributed by atoms with E-state index >= 15 is 0 Å². The molecule has 0 aliphatic carbocycles. The Hall–Kier alpha value is -2.64. The van der Waals surface area contributed by atoms with Crippen molar-refractivity contribution in [3.63, 3.8) is 0 Å². The molecular formula is C12H7F3N4O. The van der Waals surface area contributed by atoms with Crippen molar-refractivity contribution in [2.45, 2.75) is 6.18 Å². The average Bonchev–Trinajstić information content (AvgIpc) is 2.83. The number of aromatic nitrogens is 4. The summed E-state index contributed by atoms with van der Waals surface area (Å²) in [4.78, 5) is 19.0. The number of alkyl halides is 3. The molecule has 0 amide bonds. The first-order valence-corrected chi connectivity index (χ1v) is 5.55. The van der Waals surface area contributed by atoms with Crippen LogP contribution in [0.1, 0.15) is 5.69 Å². The van der Waals surface area contributed by atoms with Gasteiger partial charge in [-0.15, -0.1) is 0 Å². The molecule has 3 aromatic rings. The van der Waals surface area contributed by atoms with Crippen molar-refractivity contribution in [3.05, 3.63) is 52.8 Å². The molecule has 0 atom stereocenters. The molecular weight excluding hydrogens is 273 g/mol. The Kier molecular flexibility index (Phi) is 2.60. The second-order valence-corrected chi connectivity index (χ2v) is 4.06. The molecule has 0 aromatic carbocycles. The summed E-state index contributed by atoms with van der Waals surface area (Å²) in [6.07, 6.45) is -0.227. The molecule has 3 aromatic heterocycles. The van der Waals surface area contributed by atoms with Gasteiger partial charge in [-0.2, -0.15) is 13.2 Å². The molecule has 0 aliphatic rings. The number of pyridine rings is 1. The molecule has 0 saturated heterocycles. The Morgan fingerprint density at radius 3 is 2.55 bits per heavy atom. The minimum Gasteiger partial charge on any atom is -0.296 e. The van der Waals surface area contributed by atoms with E-state index in [1.807, 2.05) is 0 Å². The minimum absolute atomic E-state index is 0.0731. The minimum atomic E-state index is -4.67. The maximum Gasteiger partial charge on any atom is 0.433 e. The fraction of sp³-hybridized carbons (Fsp3) is 0.0833. The van der Waals surface area contributed by atoms with Crippen molar-refractivity contribution in [1.29, 1.82) is 0 Å². The van der Waals surface area contributed by atoms with Crippen molar-refractivity contribution in [2.75, 3.05) is 0 Å². The maximum absolute atomic E-state index is 12.7. The smallest absolute Gasteiger partial charge is 0.296 e. The van der Waals surface area contributed by atoms with Crippen LogP contribution >= 0.6 is 0 Å². The molecule has 3 rings (SSSR count). The van der Waals surface area contributed by atoms with Crippen LogP contribution < -0.4 is 5.56 Å². The van der Waals surface area contributed by atoms with E-state index < -0.39 is 17.4 Å². The number of H-pyrrole nitrogens is 1. The van der Waals surface area contributed by atoms with E-state index in [0.29, 0.717) is 17.2 Å². The Bertz CT molecular complexity index is 820. The molecule has 1 N–H and O–H groups in total. The lowest BCUT2D eigenvalue weighted by Gasteiger charge is -2.05. The molecule has 0 spiro atoms. The molecule has 0 fully saturated rings. The van der Waals surface area contributed by atoms with Gasteiger partial charge in [0, 0.05) is 30.2 Å². The third kappa shape index (κ3) is 1.94. The number of aromatic amines is 1. The monoisotopic (exact) mass is 280 g/mol. The van der Waals surface area contributed by atoms with Gasteiger partial charge in [-0.1, -0.05) is 0 Å². The second-order valence-electron chi connectivity index (χ2n) is 4.06. The predicted octanol–water partition coefficient (Wildman–Crippen LogP) is 2.10. The van der Waals surface area contributed by atoms with Gasteiger partial charge in [-0.05, 0) is 17.7 Å². The third-order valence-corrected chi connectivity index (χ3v) is 2.78. The highest BCUT2D eigenvalue weighted by atomic mass is 19.4. The van der Waals surface area contributed by atoms with Gasteiger partial charge in [-0.3, -0.25) is 14.9 Å². The summed E-state index contributed by atoms with van der Waals surface area (Å²) in [7, 11) is 0. The molecule has 0 saturated carbocycles. The van der Waals surface area contributed by atoms with E-state index in [0.717, 1.165) is 4.52 Å². The Morgan fingerprint density at radius 1 is 1.20 bits per heavy atom. The zero-order chi connectivity index (χ0) is 14.3. The summed E-state index contributed by atoms with van der Waals surface area (Å²) in [6.45, 7) is 0. The first-order valence-electron chi connectivity index (χ1n) is 5.55. The number of hydrogen-bond acceptors (Lipinski definition) is 3. The van der Waals surface area contributed by atoms with Gasteiger partial charge in [0.25, 0.3) is 5.56 Å². The highest BCUT2D eigenvalue weighted by Gasteiger charge is 2.34. The van der Waals surface area contributed by atoms with E-state index in [-0.39, 0.29) is 5.65 Å². The summed E-state index contributed by atoms with van der Waals surface area (Å²) in [5.41, 5.74) is -1.09. The van der Waals surface area contributed by atoms with Crippen molar-refractivity contribution in [2.24, 2.45) is 0 Å². The number of halogens is 3. The van der Waals surface area contributed by atoms with E-state index in [1.54, 1.807) is 12.1 Å². The molecule has 102 valence electrons. The molecule has 0 radical (unpaired) electrons. The zero-order valence-corrected chi connectivity index (χ0v) is 9.85. The van der Waals surface area contributed by atoms with Crippen LogP contribution in [0.5, 0.6) is 0 Å². The molecule has 8 heteroatoms. The fourth-order valence-electron chi connectivity index (χ4n) is 1.87. The number of nitrogens with zero attached hydrogens (tertiary/aromatic N) is 3. The van der Waals surface area contributed by atoms with Gasteiger partial charge in [0.1, 0.15) is 0 Å². The van der Waals surface area contributed by atoms with Crippen LogP contribution in [0.25, 0.3) is 16.8 Å². The summed E-state index contributed by atoms with van der Waals surface area (Å²) >= 11 is 0. The lowest BCUT2D eigenvalue weighted by atomic mass is 10.1. The van der Waals surface area contributed by atoms with E-state index in [4.69, 9.17) is 0 Å². The summed E-state index contributed by atoms with van der Waals surface area (Å²) in [5.74, 6) is 0. The standard InChI is InChI=1S/C12H7F3N4O/c13-12(14,15)9-5-10(20)19-11(18-9)8(6-17-19)7-1-3-16-4-2-7/h1-6,17H. The highest BCUT2D eigenvalue weighted by Crippen LogP contribution is 2.28. The number of fused-ring (bicyclic) bond motifs is 1.